The number of esters is 1. The number of para-hydroxylation sites is 1. The highest BCUT2D eigenvalue weighted by molar-refractivity contribution is 6.01. The van der Waals surface area contributed by atoms with E-state index >= 15 is 0 Å². The summed E-state index contributed by atoms with van der Waals surface area (Å²) in [5.41, 5.74) is 4.54. The molecule has 0 bridgehead atoms. The van der Waals surface area contributed by atoms with E-state index in [1.54, 1.807) is 31.2 Å². The first-order chi connectivity index (χ1) is 18.9. The number of nitrogens with one attached hydrogen (secondary N) is 2. The zero-order chi connectivity index (χ0) is 27.8. The van der Waals surface area contributed by atoms with E-state index in [9.17, 15) is 14.4 Å². The lowest BCUT2D eigenvalue weighted by molar-refractivity contribution is -0.130. The Bertz CT molecular complexity index is 1320. The molecule has 9 heteroatoms. The molecule has 9 nitrogen and oxygen atoms in total. The van der Waals surface area contributed by atoms with Gasteiger partial charge >= 0.3 is 12.0 Å². The molecule has 0 saturated carbocycles. The number of carbonyl (C=O) groups is 3. The van der Waals surface area contributed by atoms with E-state index in [0.717, 1.165) is 22.5 Å². The van der Waals surface area contributed by atoms with E-state index in [0.29, 0.717) is 49.8 Å². The fourth-order valence-corrected chi connectivity index (χ4v) is 4.46. The fraction of sp³-hybridized carbons (Fsp3) is 0.300. The van der Waals surface area contributed by atoms with Crippen LogP contribution in [0.4, 0.5) is 21.9 Å². The van der Waals surface area contributed by atoms with E-state index in [1.165, 1.54) is 7.11 Å². The van der Waals surface area contributed by atoms with Crippen molar-refractivity contribution in [3.8, 4) is 5.75 Å². The summed E-state index contributed by atoms with van der Waals surface area (Å²) >= 11 is 0. The lowest BCUT2D eigenvalue weighted by atomic mass is 10.1. The van der Waals surface area contributed by atoms with Gasteiger partial charge in [0.2, 0.25) is 5.91 Å². The summed E-state index contributed by atoms with van der Waals surface area (Å²) in [6.45, 7) is 6.66. The molecule has 0 unspecified atom stereocenters. The lowest BCUT2D eigenvalue weighted by Crippen LogP contribution is -2.49. The van der Waals surface area contributed by atoms with Crippen molar-refractivity contribution < 1.29 is 23.9 Å². The Morgan fingerprint density at radius 3 is 2.23 bits per heavy atom. The first-order valence-corrected chi connectivity index (χ1v) is 13.0. The summed E-state index contributed by atoms with van der Waals surface area (Å²) in [4.78, 5) is 41.5. The number of ether oxygens (including phenoxy) is 2. The minimum Gasteiger partial charge on any atom is -0.495 e. The van der Waals surface area contributed by atoms with Crippen LogP contribution in [0.5, 0.6) is 5.75 Å². The molecule has 1 heterocycles. The maximum Gasteiger partial charge on any atom is 0.338 e. The molecular formula is C30H34N4O5. The van der Waals surface area contributed by atoms with E-state index in [2.05, 4.69) is 15.5 Å². The molecule has 1 fully saturated rings. The Morgan fingerprint density at radius 1 is 0.872 bits per heavy atom. The van der Waals surface area contributed by atoms with Crippen LogP contribution in [-0.4, -0.2) is 62.7 Å². The van der Waals surface area contributed by atoms with Crippen molar-refractivity contribution in [1.82, 2.24) is 4.90 Å². The Hall–Kier alpha value is -4.53. The summed E-state index contributed by atoms with van der Waals surface area (Å²) in [6.07, 6.45) is 0.236. The highest BCUT2D eigenvalue weighted by Crippen LogP contribution is 2.27. The van der Waals surface area contributed by atoms with Gasteiger partial charge in [0.1, 0.15) is 5.75 Å². The van der Waals surface area contributed by atoms with Crippen LogP contribution in [0.15, 0.2) is 66.7 Å². The maximum absolute atomic E-state index is 13.0. The maximum atomic E-state index is 13.0. The second-order valence-electron chi connectivity index (χ2n) is 9.24. The Labute approximate surface area is 228 Å². The Morgan fingerprint density at radius 2 is 1.56 bits per heavy atom. The van der Waals surface area contributed by atoms with Gasteiger partial charge in [0.05, 0.1) is 31.4 Å². The molecule has 1 aliphatic heterocycles. The normalized spacial score (nSPS) is 13.0. The number of carbonyl (C=O) groups excluding carboxylic acids is 3. The third kappa shape index (κ3) is 7.07. The fourth-order valence-electron chi connectivity index (χ4n) is 4.46. The van der Waals surface area contributed by atoms with Gasteiger partial charge in [-0.15, -0.1) is 0 Å². The first-order valence-electron chi connectivity index (χ1n) is 13.0. The molecular weight excluding hydrogens is 496 g/mol. The second kappa shape index (κ2) is 12.8. The standard InChI is InChI=1S/C30H34N4O5/c1-4-39-29(36)23-10-12-24(13-11-23)33-15-17-34(18-16-33)28(35)20-22-9-14-26(27(19-22)38-3)32-30(37)31-25-8-6-5-7-21(25)2/h5-14,19H,4,15-18,20H2,1-3H3,(H2,31,32,37). The molecule has 0 spiro atoms. The first kappa shape index (κ1) is 27.5. The second-order valence-corrected chi connectivity index (χ2v) is 9.24. The monoisotopic (exact) mass is 530 g/mol. The molecule has 0 aliphatic carbocycles. The van der Waals surface area contributed by atoms with Crippen LogP contribution in [0.3, 0.4) is 0 Å². The van der Waals surface area contributed by atoms with Crippen LogP contribution in [0, 0.1) is 6.92 Å². The summed E-state index contributed by atoms with van der Waals surface area (Å²) in [5, 5.41) is 5.65. The SMILES string of the molecule is CCOC(=O)c1ccc(N2CCN(C(=O)Cc3ccc(NC(=O)Nc4ccccc4C)c(OC)c3)CC2)cc1. The average molecular weight is 531 g/mol. The van der Waals surface area contributed by atoms with Crippen LogP contribution in [0.25, 0.3) is 0 Å². The van der Waals surface area contributed by atoms with Crippen molar-refractivity contribution in [2.24, 2.45) is 0 Å². The highest BCUT2D eigenvalue weighted by Gasteiger charge is 2.22. The smallest absolute Gasteiger partial charge is 0.338 e. The highest BCUT2D eigenvalue weighted by atomic mass is 16.5. The summed E-state index contributed by atoms with van der Waals surface area (Å²) in [5.74, 6) is 0.189. The van der Waals surface area contributed by atoms with Crippen LogP contribution in [0.1, 0.15) is 28.4 Å². The van der Waals surface area contributed by atoms with Gasteiger partial charge in [-0.25, -0.2) is 9.59 Å². The number of anilines is 3. The van der Waals surface area contributed by atoms with Gasteiger partial charge in [0.15, 0.2) is 0 Å². The van der Waals surface area contributed by atoms with Gasteiger partial charge in [-0.2, -0.15) is 0 Å². The van der Waals surface area contributed by atoms with E-state index in [-0.39, 0.29) is 24.3 Å². The Balaban J connectivity index is 1.30. The molecule has 3 aromatic rings. The van der Waals surface area contributed by atoms with Crippen molar-refractivity contribution in [3.05, 3.63) is 83.4 Å². The minimum atomic E-state index is -0.375. The topological polar surface area (TPSA) is 100 Å². The number of hydrogen-bond donors (Lipinski definition) is 2. The van der Waals surface area contributed by atoms with Crippen LogP contribution < -0.4 is 20.3 Å². The van der Waals surface area contributed by atoms with Crippen molar-refractivity contribution >= 4 is 35.0 Å². The van der Waals surface area contributed by atoms with Crippen molar-refractivity contribution in [1.29, 1.82) is 0 Å². The van der Waals surface area contributed by atoms with E-state index in [4.69, 9.17) is 9.47 Å². The molecule has 39 heavy (non-hydrogen) atoms. The largest absolute Gasteiger partial charge is 0.495 e. The number of aryl methyl sites for hydroxylation is 1. The van der Waals surface area contributed by atoms with Gasteiger partial charge in [-0.1, -0.05) is 24.3 Å². The minimum absolute atomic E-state index is 0.0346. The predicted octanol–water partition coefficient (Wildman–Crippen LogP) is 4.72. The van der Waals surface area contributed by atoms with Gasteiger partial charge in [0.25, 0.3) is 0 Å². The summed E-state index contributed by atoms with van der Waals surface area (Å²) in [7, 11) is 1.53. The number of rotatable bonds is 8. The molecule has 204 valence electrons. The lowest BCUT2D eigenvalue weighted by Gasteiger charge is -2.36. The average Bonchev–Trinajstić information content (AvgIpc) is 2.95. The number of methoxy groups -OCH3 is 1. The van der Waals surface area contributed by atoms with Gasteiger partial charge in [0, 0.05) is 37.6 Å². The number of nitrogens with zero attached hydrogens (tertiary/aromatic N) is 2. The molecule has 0 atom stereocenters. The zero-order valence-electron chi connectivity index (χ0n) is 22.5. The Kier molecular flexibility index (Phi) is 9.04. The number of piperazine rings is 1. The zero-order valence-corrected chi connectivity index (χ0v) is 22.5. The molecule has 0 radical (unpaired) electrons. The van der Waals surface area contributed by atoms with Crippen LogP contribution in [-0.2, 0) is 16.0 Å². The third-order valence-corrected chi connectivity index (χ3v) is 6.64. The number of benzene rings is 3. The van der Waals surface area contributed by atoms with E-state index < -0.39 is 0 Å². The van der Waals surface area contributed by atoms with Crippen molar-refractivity contribution in [3.63, 3.8) is 0 Å². The molecule has 2 N–H and O–H groups in total. The molecule has 3 aromatic carbocycles. The predicted molar refractivity (Wildman–Crippen MR) is 152 cm³/mol. The summed E-state index contributed by atoms with van der Waals surface area (Å²) in [6, 6.07) is 19.9. The molecule has 1 saturated heterocycles. The van der Waals surface area contributed by atoms with Crippen LogP contribution in [0.2, 0.25) is 0 Å². The van der Waals surface area contributed by atoms with Crippen molar-refractivity contribution in [2.45, 2.75) is 20.3 Å². The van der Waals surface area contributed by atoms with E-state index in [1.807, 2.05) is 54.3 Å². The molecule has 3 amide bonds. The number of hydrogen-bond acceptors (Lipinski definition) is 6. The van der Waals surface area contributed by atoms with Gasteiger partial charge in [-0.3, -0.25) is 4.79 Å². The van der Waals surface area contributed by atoms with Crippen molar-refractivity contribution in [2.75, 3.05) is 55.4 Å². The number of amides is 3. The summed E-state index contributed by atoms with van der Waals surface area (Å²) < 4.78 is 10.5. The number of urea groups is 1. The molecule has 4 rings (SSSR count). The van der Waals surface area contributed by atoms with Gasteiger partial charge < -0.3 is 29.9 Å². The quantitative estimate of drug-likeness (QED) is 0.409. The van der Waals surface area contributed by atoms with Crippen LogP contribution >= 0.6 is 0 Å². The molecule has 0 aromatic heterocycles. The third-order valence-electron chi connectivity index (χ3n) is 6.64. The van der Waals surface area contributed by atoms with Gasteiger partial charge in [-0.05, 0) is 67.4 Å². The molecule has 1 aliphatic rings.